The molecule has 25 heavy (non-hydrogen) atoms. The Morgan fingerprint density at radius 2 is 1.76 bits per heavy atom. The van der Waals surface area contributed by atoms with Gasteiger partial charge in [-0.3, -0.25) is 0 Å². The van der Waals surface area contributed by atoms with E-state index in [-0.39, 0.29) is 0 Å². The van der Waals surface area contributed by atoms with Crippen molar-refractivity contribution in [2.45, 2.75) is 65.2 Å². The van der Waals surface area contributed by atoms with Gasteiger partial charge < -0.3 is 4.74 Å². The zero-order valence-corrected chi connectivity index (χ0v) is 16.6. The minimum atomic E-state index is 0.505. The van der Waals surface area contributed by atoms with E-state index in [0.29, 0.717) is 5.92 Å². The van der Waals surface area contributed by atoms with Crippen LogP contribution in [0.15, 0.2) is 35.0 Å². The third-order valence-electron chi connectivity index (χ3n) is 4.98. The first-order valence-corrected chi connectivity index (χ1v) is 10.7. The summed E-state index contributed by atoms with van der Waals surface area (Å²) in [5.74, 6) is 1.57. The Morgan fingerprint density at radius 3 is 2.56 bits per heavy atom. The highest BCUT2D eigenvalue weighted by atomic mass is 32.1. The molecule has 0 unspecified atom stereocenters. The molecular formula is C23H30OS. The van der Waals surface area contributed by atoms with Crippen molar-refractivity contribution >= 4 is 22.1 Å². The zero-order valence-electron chi connectivity index (χ0n) is 15.8. The lowest BCUT2D eigenvalue weighted by molar-refractivity contribution is 0.306. The fourth-order valence-electron chi connectivity index (χ4n) is 3.42. The molecule has 2 aliphatic rings. The van der Waals surface area contributed by atoms with Crippen LogP contribution in [0.2, 0.25) is 0 Å². The summed E-state index contributed by atoms with van der Waals surface area (Å²) in [7, 11) is 0. The SMILES string of the molecule is CCCCCCCCOc1cc(C(C)C)ccc2cc3cscc3c1-2. The van der Waals surface area contributed by atoms with Crippen LogP contribution in [0.1, 0.15) is 70.8 Å². The Balaban J connectivity index is 1.78. The van der Waals surface area contributed by atoms with Crippen LogP contribution in [-0.2, 0) is 0 Å². The van der Waals surface area contributed by atoms with Gasteiger partial charge in [0.05, 0.1) is 6.61 Å². The van der Waals surface area contributed by atoms with Crippen molar-refractivity contribution in [3.63, 3.8) is 0 Å². The van der Waals surface area contributed by atoms with Crippen molar-refractivity contribution in [3.05, 3.63) is 40.6 Å². The number of hydrogen-bond acceptors (Lipinski definition) is 2. The lowest BCUT2D eigenvalue weighted by Gasteiger charge is -2.10. The van der Waals surface area contributed by atoms with Crippen molar-refractivity contribution in [2.75, 3.05) is 6.61 Å². The molecule has 0 bridgehead atoms. The van der Waals surface area contributed by atoms with E-state index in [1.54, 1.807) is 11.3 Å². The lowest BCUT2D eigenvalue weighted by atomic mass is 10.1. The molecule has 0 saturated carbocycles. The van der Waals surface area contributed by atoms with Crippen molar-refractivity contribution in [2.24, 2.45) is 0 Å². The van der Waals surface area contributed by atoms with Gasteiger partial charge in [0.2, 0.25) is 0 Å². The largest absolute Gasteiger partial charge is 0.493 e. The summed E-state index contributed by atoms with van der Waals surface area (Å²) in [4.78, 5) is 0. The van der Waals surface area contributed by atoms with E-state index in [9.17, 15) is 0 Å². The van der Waals surface area contributed by atoms with E-state index in [2.05, 4.69) is 55.8 Å². The van der Waals surface area contributed by atoms with E-state index < -0.39 is 0 Å². The smallest absolute Gasteiger partial charge is 0.128 e. The van der Waals surface area contributed by atoms with Crippen LogP contribution in [0, 0.1) is 0 Å². The van der Waals surface area contributed by atoms with Gasteiger partial charge in [0.15, 0.2) is 0 Å². The molecule has 0 fully saturated rings. The van der Waals surface area contributed by atoms with Crippen molar-refractivity contribution in [1.29, 1.82) is 0 Å². The van der Waals surface area contributed by atoms with Crippen molar-refractivity contribution < 1.29 is 4.74 Å². The van der Waals surface area contributed by atoms with Crippen LogP contribution in [0.4, 0.5) is 0 Å². The summed E-state index contributed by atoms with van der Waals surface area (Å²) in [6.45, 7) is 7.58. The minimum absolute atomic E-state index is 0.505. The van der Waals surface area contributed by atoms with E-state index in [1.165, 1.54) is 59.6 Å². The van der Waals surface area contributed by atoms with Gasteiger partial charge in [0, 0.05) is 10.9 Å². The van der Waals surface area contributed by atoms with Gasteiger partial charge in [0.1, 0.15) is 5.75 Å². The number of rotatable bonds is 9. The summed E-state index contributed by atoms with van der Waals surface area (Å²) >= 11 is 1.77. The lowest BCUT2D eigenvalue weighted by Crippen LogP contribution is -1.98. The molecule has 0 saturated heterocycles. The molecule has 134 valence electrons. The number of thiophene rings is 1. The standard InChI is InChI=1S/C23H30OS/c1-4-5-6-7-8-9-12-24-22-14-18(17(2)3)10-11-19-13-20-15-25-16-21(20)23(19)22/h10-11,13-17H,4-9,12H2,1-3H3. The van der Waals surface area contributed by atoms with Gasteiger partial charge in [0.25, 0.3) is 0 Å². The minimum Gasteiger partial charge on any atom is -0.493 e. The second-order valence-electron chi connectivity index (χ2n) is 7.33. The third kappa shape index (κ3) is 4.36. The molecule has 2 heteroatoms. The van der Waals surface area contributed by atoms with Gasteiger partial charge in [-0.25, -0.2) is 0 Å². The van der Waals surface area contributed by atoms with Crippen LogP contribution < -0.4 is 4.74 Å². The predicted molar refractivity (Wildman–Crippen MR) is 111 cm³/mol. The summed E-state index contributed by atoms with van der Waals surface area (Å²) in [6, 6.07) is 9.07. The number of unbranched alkanes of at least 4 members (excludes halogenated alkanes) is 5. The topological polar surface area (TPSA) is 9.23 Å². The predicted octanol–water partition coefficient (Wildman–Crippen LogP) is 7.87. The molecule has 0 radical (unpaired) electrons. The van der Waals surface area contributed by atoms with Crippen molar-refractivity contribution in [3.8, 4) is 16.9 Å². The average molecular weight is 355 g/mol. The second kappa shape index (κ2) is 8.71. The monoisotopic (exact) mass is 354 g/mol. The molecule has 0 atom stereocenters. The highest BCUT2D eigenvalue weighted by Gasteiger charge is 2.16. The fraction of sp³-hybridized carbons (Fsp3) is 0.478. The highest BCUT2D eigenvalue weighted by molar-refractivity contribution is 7.09. The maximum atomic E-state index is 6.32. The van der Waals surface area contributed by atoms with E-state index >= 15 is 0 Å². The fourth-order valence-corrected chi connectivity index (χ4v) is 4.22. The molecule has 1 aromatic heterocycles. The number of hydrogen-bond donors (Lipinski definition) is 0. The third-order valence-corrected chi connectivity index (χ3v) is 5.74. The van der Waals surface area contributed by atoms with Crippen LogP contribution >= 0.6 is 11.3 Å². The molecule has 0 spiro atoms. The molecule has 0 aromatic carbocycles. The molecule has 1 heterocycles. The Bertz CT molecular complexity index is 771. The first-order chi connectivity index (χ1) is 12.2. The molecule has 1 nitrogen and oxygen atoms in total. The van der Waals surface area contributed by atoms with Gasteiger partial charge >= 0.3 is 0 Å². The van der Waals surface area contributed by atoms with Gasteiger partial charge in [-0.15, -0.1) is 0 Å². The number of ether oxygens (including phenoxy) is 1. The van der Waals surface area contributed by atoms with Crippen LogP contribution in [0.5, 0.6) is 5.75 Å². The van der Waals surface area contributed by atoms with Crippen molar-refractivity contribution in [1.82, 2.24) is 0 Å². The summed E-state index contributed by atoms with van der Waals surface area (Å²) < 4.78 is 6.32. The molecule has 0 aliphatic heterocycles. The quantitative estimate of drug-likeness (QED) is 0.355. The van der Waals surface area contributed by atoms with Gasteiger partial charge in [-0.2, -0.15) is 11.3 Å². The number of fused-ring (bicyclic) bond motifs is 3. The van der Waals surface area contributed by atoms with E-state index in [4.69, 9.17) is 4.74 Å². The van der Waals surface area contributed by atoms with Gasteiger partial charge in [-0.05, 0) is 51.7 Å². The molecule has 3 rings (SSSR count). The molecular weight excluding hydrogens is 324 g/mol. The maximum Gasteiger partial charge on any atom is 0.128 e. The maximum absolute atomic E-state index is 6.32. The Morgan fingerprint density at radius 1 is 0.960 bits per heavy atom. The normalized spacial score (nSPS) is 11.7. The molecule has 2 aliphatic carbocycles. The molecule has 0 amide bonds. The zero-order chi connectivity index (χ0) is 17.6. The van der Waals surface area contributed by atoms with Crippen LogP contribution in [-0.4, -0.2) is 6.61 Å². The second-order valence-corrected chi connectivity index (χ2v) is 8.07. The van der Waals surface area contributed by atoms with Crippen LogP contribution in [0.3, 0.4) is 0 Å². The van der Waals surface area contributed by atoms with E-state index in [1.807, 2.05) is 0 Å². The Hall–Kier alpha value is -1.54. The summed E-state index contributed by atoms with van der Waals surface area (Å²) in [5.41, 5.74) is 3.93. The van der Waals surface area contributed by atoms with E-state index in [0.717, 1.165) is 18.8 Å². The Kier molecular flexibility index (Phi) is 6.36. The summed E-state index contributed by atoms with van der Waals surface area (Å²) in [5, 5.41) is 7.16. The van der Waals surface area contributed by atoms with Crippen LogP contribution in [0.25, 0.3) is 21.9 Å². The molecule has 1 aromatic rings. The Labute approximate surface area is 156 Å². The summed E-state index contributed by atoms with van der Waals surface area (Å²) in [6.07, 6.45) is 7.77. The first kappa shape index (κ1) is 18.3. The molecule has 0 N–H and O–H groups in total. The average Bonchev–Trinajstić information content (AvgIpc) is 3.11. The highest BCUT2D eigenvalue weighted by Crippen LogP contribution is 2.42. The first-order valence-electron chi connectivity index (χ1n) is 9.76. The van der Waals surface area contributed by atoms with Gasteiger partial charge in [-0.1, -0.05) is 65.0 Å².